The van der Waals surface area contributed by atoms with E-state index in [0.29, 0.717) is 11.5 Å². The number of hydrogen-bond acceptors (Lipinski definition) is 4. The number of rotatable bonds is 5. The Bertz CT molecular complexity index is 869. The smallest absolute Gasteiger partial charge is 0.295 e. The summed E-state index contributed by atoms with van der Waals surface area (Å²) in [6.07, 6.45) is 0. The molecule has 1 heterocycles. The fraction of sp³-hybridized carbons (Fsp3) is 0.273. The van der Waals surface area contributed by atoms with Crippen molar-refractivity contribution in [2.24, 2.45) is 0 Å². The lowest BCUT2D eigenvalue weighted by molar-refractivity contribution is -0.140. The molecule has 3 rings (SSSR count). The number of nitrogens with zero attached hydrogens (tertiary/aromatic N) is 1. The monoisotopic (exact) mass is 365 g/mol. The number of carbonyl (C=O) groups is 2. The molecule has 140 valence electrons. The number of ketones is 1. The molecule has 2 aromatic carbocycles. The molecule has 0 unspecified atom stereocenters. The number of aliphatic hydroxyl groups excluding tert-OH is 2. The molecule has 5 heteroatoms. The number of hydrogen-bond donors (Lipinski definition) is 2. The molecule has 0 aromatic heterocycles. The van der Waals surface area contributed by atoms with Crippen LogP contribution in [0.15, 0.2) is 60.2 Å². The van der Waals surface area contributed by atoms with Gasteiger partial charge in [0.1, 0.15) is 5.76 Å². The van der Waals surface area contributed by atoms with Gasteiger partial charge in [0, 0.05) is 12.1 Å². The average molecular weight is 365 g/mol. The summed E-state index contributed by atoms with van der Waals surface area (Å²) in [5.41, 5.74) is 2.39. The number of β-amino-alcohol motifs (C(OH)–C–C–N with tert-alkyl or cyclic N) is 1. The van der Waals surface area contributed by atoms with Gasteiger partial charge in [0.15, 0.2) is 0 Å². The lowest BCUT2D eigenvalue weighted by atomic mass is 9.93. The highest BCUT2D eigenvalue weighted by Gasteiger charge is 2.45. The number of benzene rings is 2. The van der Waals surface area contributed by atoms with Gasteiger partial charge in [-0.3, -0.25) is 9.59 Å². The predicted octanol–water partition coefficient (Wildman–Crippen LogP) is 3.22. The van der Waals surface area contributed by atoms with Crippen molar-refractivity contribution in [3.8, 4) is 0 Å². The van der Waals surface area contributed by atoms with E-state index in [0.717, 1.165) is 11.1 Å². The van der Waals surface area contributed by atoms with Gasteiger partial charge in [0.2, 0.25) is 0 Å². The number of likely N-dealkylation sites (tertiary alicyclic amines) is 1. The molecule has 0 saturated carbocycles. The largest absolute Gasteiger partial charge is 0.507 e. The molecule has 2 aromatic rings. The van der Waals surface area contributed by atoms with Crippen LogP contribution in [0, 0.1) is 0 Å². The Balaban J connectivity index is 2.14. The summed E-state index contributed by atoms with van der Waals surface area (Å²) >= 11 is 0. The highest BCUT2D eigenvalue weighted by Crippen LogP contribution is 2.39. The van der Waals surface area contributed by atoms with Gasteiger partial charge in [0.05, 0.1) is 18.2 Å². The van der Waals surface area contributed by atoms with Crippen molar-refractivity contribution < 1.29 is 19.8 Å². The third-order valence-electron chi connectivity index (χ3n) is 4.85. The van der Waals surface area contributed by atoms with Gasteiger partial charge < -0.3 is 15.1 Å². The zero-order valence-corrected chi connectivity index (χ0v) is 15.4. The second-order valence-electron chi connectivity index (χ2n) is 6.90. The van der Waals surface area contributed by atoms with E-state index in [2.05, 4.69) is 13.8 Å². The molecule has 1 aliphatic rings. The molecule has 2 N–H and O–H groups in total. The lowest BCUT2D eigenvalue weighted by Crippen LogP contribution is -2.32. The van der Waals surface area contributed by atoms with Crippen LogP contribution in [0.3, 0.4) is 0 Å². The number of aliphatic hydroxyl groups is 2. The molecule has 5 nitrogen and oxygen atoms in total. The molecule has 0 spiro atoms. The predicted molar refractivity (Wildman–Crippen MR) is 103 cm³/mol. The molecular formula is C22H23NO4. The van der Waals surface area contributed by atoms with E-state index in [1.807, 2.05) is 30.3 Å². The first-order valence-electron chi connectivity index (χ1n) is 9.00. The van der Waals surface area contributed by atoms with Crippen LogP contribution >= 0.6 is 0 Å². The van der Waals surface area contributed by atoms with Gasteiger partial charge in [-0.1, -0.05) is 68.4 Å². The normalized spacial score (nSPS) is 19.1. The van der Waals surface area contributed by atoms with E-state index in [-0.39, 0.29) is 24.5 Å². The van der Waals surface area contributed by atoms with Crippen LogP contribution in [0.5, 0.6) is 0 Å². The fourth-order valence-corrected chi connectivity index (χ4v) is 3.38. The van der Waals surface area contributed by atoms with Crippen molar-refractivity contribution >= 4 is 17.4 Å². The van der Waals surface area contributed by atoms with Crippen LogP contribution in [-0.4, -0.2) is 40.0 Å². The third kappa shape index (κ3) is 3.51. The first-order valence-corrected chi connectivity index (χ1v) is 9.00. The second kappa shape index (κ2) is 7.76. The van der Waals surface area contributed by atoms with Crippen LogP contribution in [-0.2, 0) is 9.59 Å². The minimum absolute atomic E-state index is 0.0206. The van der Waals surface area contributed by atoms with Gasteiger partial charge in [-0.05, 0) is 17.0 Å². The van der Waals surface area contributed by atoms with Crippen LogP contribution in [0.2, 0.25) is 0 Å². The van der Waals surface area contributed by atoms with Crippen LogP contribution in [0.4, 0.5) is 0 Å². The van der Waals surface area contributed by atoms with Crippen molar-refractivity contribution in [2.45, 2.75) is 25.8 Å². The standard InChI is InChI=1S/C22H23NO4/c1-14(2)15-8-10-16(11-9-15)19-18(20(25)17-6-4-3-5-7-17)21(26)22(27)23(19)12-13-24/h3-11,14,19,24-25H,12-13H2,1-2H3/t19-/m0/s1. The SMILES string of the molecule is CC(C)c1ccc([C@H]2C(=C(O)c3ccccc3)C(=O)C(=O)N2CCO)cc1. The number of amides is 1. The van der Waals surface area contributed by atoms with Gasteiger partial charge in [-0.2, -0.15) is 0 Å². The first-order chi connectivity index (χ1) is 13.0. The molecule has 0 bridgehead atoms. The zero-order valence-electron chi connectivity index (χ0n) is 15.4. The summed E-state index contributed by atoms with van der Waals surface area (Å²) < 4.78 is 0. The van der Waals surface area contributed by atoms with E-state index in [9.17, 15) is 19.8 Å². The molecular weight excluding hydrogens is 342 g/mol. The Morgan fingerprint density at radius 3 is 2.22 bits per heavy atom. The van der Waals surface area contributed by atoms with Gasteiger partial charge in [-0.25, -0.2) is 0 Å². The topological polar surface area (TPSA) is 77.8 Å². The van der Waals surface area contributed by atoms with Gasteiger partial charge in [0.25, 0.3) is 11.7 Å². The highest BCUT2D eigenvalue weighted by molar-refractivity contribution is 6.46. The summed E-state index contributed by atoms with van der Waals surface area (Å²) in [4.78, 5) is 26.5. The molecule has 1 atom stereocenters. The molecule has 1 fully saturated rings. The van der Waals surface area contributed by atoms with Gasteiger partial charge >= 0.3 is 0 Å². The molecule has 27 heavy (non-hydrogen) atoms. The van der Waals surface area contributed by atoms with Crippen molar-refractivity contribution in [3.05, 3.63) is 76.9 Å². The minimum atomic E-state index is -0.734. The van der Waals surface area contributed by atoms with Crippen molar-refractivity contribution in [2.75, 3.05) is 13.2 Å². The quantitative estimate of drug-likeness (QED) is 0.484. The second-order valence-corrected chi connectivity index (χ2v) is 6.90. The van der Waals surface area contributed by atoms with Crippen molar-refractivity contribution in [1.29, 1.82) is 0 Å². The maximum Gasteiger partial charge on any atom is 0.295 e. The lowest BCUT2D eigenvalue weighted by Gasteiger charge is -2.25. The fourth-order valence-electron chi connectivity index (χ4n) is 3.38. The maximum atomic E-state index is 12.7. The Morgan fingerprint density at radius 2 is 1.67 bits per heavy atom. The van der Waals surface area contributed by atoms with Crippen LogP contribution in [0.1, 0.15) is 42.5 Å². The van der Waals surface area contributed by atoms with Gasteiger partial charge in [-0.15, -0.1) is 0 Å². The van der Waals surface area contributed by atoms with Crippen molar-refractivity contribution in [1.82, 2.24) is 4.90 Å². The minimum Gasteiger partial charge on any atom is -0.507 e. The zero-order chi connectivity index (χ0) is 19.6. The molecule has 0 radical (unpaired) electrons. The number of carbonyl (C=O) groups excluding carboxylic acids is 2. The van der Waals surface area contributed by atoms with Crippen molar-refractivity contribution in [3.63, 3.8) is 0 Å². The van der Waals surface area contributed by atoms with E-state index in [4.69, 9.17) is 0 Å². The summed E-state index contributed by atoms with van der Waals surface area (Å²) in [6.45, 7) is 3.93. The third-order valence-corrected chi connectivity index (χ3v) is 4.85. The molecule has 1 amide bonds. The summed E-state index contributed by atoms with van der Waals surface area (Å²) in [7, 11) is 0. The van der Waals surface area contributed by atoms with Crippen LogP contribution in [0.25, 0.3) is 5.76 Å². The van der Waals surface area contributed by atoms with E-state index >= 15 is 0 Å². The Labute approximate surface area is 158 Å². The average Bonchev–Trinajstić information content (AvgIpc) is 2.93. The maximum absolute atomic E-state index is 12.7. The Kier molecular flexibility index (Phi) is 5.42. The van der Waals surface area contributed by atoms with E-state index in [1.54, 1.807) is 24.3 Å². The summed E-state index contributed by atoms with van der Waals surface area (Å²) in [5, 5.41) is 20.2. The van der Waals surface area contributed by atoms with Crippen LogP contribution < -0.4 is 0 Å². The summed E-state index contributed by atoms with van der Waals surface area (Å²) in [5.74, 6) is -1.29. The first kappa shape index (κ1) is 18.9. The van der Waals surface area contributed by atoms with E-state index in [1.165, 1.54) is 4.90 Å². The number of Topliss-reactive ketones (excluding diaryl/α,β-unsaturated/α-hetero) is 1. The molecule has 0 aliphatic carbocycles. The molecule has 1 aliphatic heterocycles. The Morgan fingerprint density at radius 1 is 1.04 bits per heavy atom. The Hall–Kier alpha value is -2.92. The highest BCUT2D eigenvalue weighted by atomic mass is 16.3. The summed E-state index contributed by atoms with van der Waals surface area (Å²) in [6, 6.07) is 15.6. The molecule has 1 saturated heterocycles. The van der Waals surface area contributed by atoms with E-state index < -0.39 is 17.7 Å².